The van der Waals surface area contributed by atoms with Crippen LogP contribution in [0.3, 0.4) is 0 Å². The molecule has 1 saturated heterocycles. The first kappa shape index (κ1) is 15.6. The Kier molecular flexibility index (Phi) is 5.29. The second kappa shape index (κ2) is 6.78. The minimum Gasteiger partial charge on any atom is -0.507 e. The normalized spacial score (nSPS) is 16.4. The first-order chi connectivity index (χ1) is 9.47. The van der Waals surface area contributed by atoms with Gasteiger partial charge in [-0.2, -0.15) is 0 Å². The lowest BCUT2D eigenvalue weighted by Gasteiger charge is -2.33. The highest BCUT2D eigenvalue weighted by Gasteiger charge is 2.17. The third-order valence-electron chi connectivity index (χ3n) is 3.64. The molecule has 20 heavy (non-hydrogen) atoms. The smallest absolute Gasteiger partial charge is 0.136 e. The van der Waals surface area contributed by atoms with Gasteiger partial charge in [0.25, 0.3) is 0 Å². The summed E-state index contributed by atoms with van der Waals surface area (Å²) in [5.41, 5.74) is 3.09. The van der Waals surface area contributed by atoms with Crippen LogP contribution in [0.5, 0.6) is 5.75 Å². The van der Waals surface area contributed by atoms with Gasteiger partial charge in [-0.25, -0.2) is 0 Å². The molecule has 1 fully saturated rings. The number of hydrogen-bond donors (Lipinski definition) is 1. The van der Waals surface area contributed by atoms with Crippen molar-refractivity contribution in [1.29, 1.82) is 0 Å². The van der Waals surface area contributed by atoms with Gasteiger partial charge in [-0.3, -0.25) is 0 Å². The van der Waals surface area contributed by atoms with E-state index in [1.54, 1.807) is 11.8 Å². The van der Waals surface area contributed by atoms with Gasteiger partial charge in [-0.15, -0.1) is 0 Å². The van der Waals surface area contributed by atoms with Gasteiger partial charge in [0.2, 0.25) is 0 Å². The molecule has 5 heteroatoms. The molecule has 110 valence electrons. The zero-order valence-electron chi connectivity index (χ0n) is 12.3. The quantitative estimate of drug-likeness (QED) is 0.848. The maximum absolute atomic E-state index is 10.1. The van der Waals surface area contributed by atoms with Crippen LogP contribution >= 0.6 is 24.0 Å². The fourth-order valence-electron chi connectivity index (χ4n) is 2.38. The number of piperazine rings is 1. The van der Waals surface area contributed by atoms with Crippen LogP contribution in [0, 0.1) is 13.8 Å². The van der Waals surface area contributed by atoms with Crippen LogP contribution < -0.4 is 0 Å². The van der Waals surface area contributed by atoms with E-state index in [9.17, 15) is 5.11 Å². The highest BCUT2D eigenvalue weighted by molar-refractivity contribution is 8.22. The Morgan fingerprint density at radius 3 is 2.55 bits per heavy atom. The van der Waals surface area contributed by atoms with Crippen molar-refractivity contribution in [3.8, 4) is 5.75 Å². The predicted molar refractivity (Wildman–Crippen MR) is 90.5 cm³/mol. The average Bonchev–Trinajstić information content (AvgIpc) is 2.41. The molecule has 1 aliphatic heterocycles. The van der Waals surface area contributed by atoms with Crippen molar-refractivity contribution in [2.45, 2.75) is 19.6 Å². The summed E-state index contributed by atoms with van der Waals surface area (Å²) in [5, 5.41) is 10.1. The van der Waals surface area contributed by atoms with Crippen LogP contribution in [0.1, 0.15) is 16.7 Å². The first-order valence-electron chi connectivity index (χ1n) is 6.86. The van der Waals surface area contributed by atoms with Crippen molar-refractivity contribution in [3.63, 3.8) is 0 Å². The SMILES string of the molecule is Cc1cc(C)c(O)c(CSC(=S)N2CCN(C)CC2)c1. The van der Waals surface area contributed by atoms with Crippen LogP contribution in [0.4, 0.5) is 0 Å². The van der Waals surface area contributed by atoms with Gasteiger partial charge >= 0.3 is 0 Å². The van der Waals surface area contributed by atoms with Crippen molar-refractivity contribution in [3.05, 3.63) is 28.8 Å². The van der Waals surface area contributed by atoms with Gasteiger partial charge in [0.05, 0.1) is 0 Å². The van der Waals surface area contributed by atoms with E-state index in [2.05, 4.69) is 23.8 Å². The second-order valence-corrected chi connectivity index (χ2v) is 7.04. The lowest BCUT2D eigenvalue weighted by molar-refractivity contribution is 0.220. The van der Waals surface area contributed by atoms with Gasteiger partial charge < -0.3 is 14.9 Å². The molecule has 0 amide bonds. The molecule has 1 aliphatic rings. The number of phenols is 1. The molecule has 0 atom stereocenters. The van der Waals surface area contributed by atoms with Crippen molar-refractivity contribution < 1.29 is 5.11 Å². The Hall–Kier alpha value is -0.780. The second-order valence-electron chi connectivity index (χ2n) is 5.43. The summed E-state index contributed by atoms with van der Waals surface area (Å²) in [5.74, 6) is 1.14. The molecule has 3 nitrogen and oxygen atoms in total. The molecule has 0 saturated carbocycles. The molecule has 0 aliphatic carbocycles. The van der Waals surface area contributed by atoms with E-state index in [1.165, 1.54) is 5.56 Å². The Labute approximate surface area is 131 Å². The van der Waals surface area contributed by atoms with Crippen LogP contribution in [-0.4, -0.2) is 52.5 Å². The standard InChI is InChI=1S/C15H22N2OS2/c1-11-8-12(2)14(18)13(9-11)10-20-15(19)17-6-4-16(3)5-7-17/h8-9,18H,4-7,10H2,1-3H3. The highest BCUT2D eigenvalue weighted by atomic mass is 32.2. The average molecular weight is 310 g/mol. The summed E-state index contributed by atoms with van der Waals surface area (Å²) in [6, 6.07) is 4.05. The monoisotopic (exact) mass is 310 g/mol. The predicted octanol–water partition coefficient (Wildman–Crippen LogP) is 2.77. The van der Waals surface area contributed by atoms with Gasteiger partial charge in [0.15, 0.2) is 0 Å². The lowest BCUT2D eigenvalue weighted by Crippen LogP contribution is -2.45. The van der Waals surface area contributed by atoms with E-state index < -0.39 is 0 Å². The number of rotatable bonds is 2. The number of hydrogen-bond acceptors (Lipinski definition) is 4. The first-order valence-corrected chi connectivity index (χ1v) is 8.26. The van der Waals surface area contributed by atoms with Crippen LogP contribution in [0.15, 0.2) is 12.1 Å². The van der Waals surface area contributed by atoms with E-state index in [1.807, 2.05) is 19.1 Å². The Morgan fingerprint density at radius 2 is 1.90 bits per heavy atom. The minimum atomic E-state index is 0.407. The summed E-state index contributed by atoms with van der Waals surface area (Å²) in [6.45, 7) is 8.13. The summed E-state index contributed by atoms with van der Waals surface area (Å²) in [6.07, 6.45) is 0. The molecule has 0 unspecified atom stereocenters. The molecule has 1 N–H and O–H groups in total. The number of likely N-dealkylation sites (N-methyl/N-ethyl adjacent to an activating group) is 1. The Balaban J connectivity index is 1.93. The molecule has 1 aromatic rings. The number of nitrogens with zero attached hydrogens (tertiary/aromatic N) is 2. The third-order valence-corrected chi connectivity index (χ3v) is 5.21. The molecular weight excluding hydrogens is 288 g/mol. The lowest BCUT2D eigenvalue weighted by atomic mass is 10.1. The van der Waals surface area contributed by atoms with Crippen molar-refractivity contribution in [1.82, 2.24) is 9.80 Å². The Morgan fingerprint density at radius 1 is 1.25 bits per heavy atom. The zero-order valence-corrected chi connectivity index (χ0v) is 14.0. The fraction of sp³-hybridized carbons (Fsp3) is 0.533. The molecule has 2 rings (SSSR count). The maximum atomic E-state index is 10.1. The van der Waals surface area contributed by atoms with E-state index >= 15 is 0 Å². The summed E-state index contributed by atoms with van der Waals surface area (Å²) in [7, 11) is 2.14. The van der Waals surface area contributed by atoms with Crippen LogP contribution in [0.2, 0.25) is 0 Å². The van der Waals surface area contributed by atoms with E-state index in [4.69, 9.17) is 12.2 Å². The summed E-state index contributed by atoms with van der Waals surface area (Å²) >= 11 is 7.16. The number of thiocarbonyl (C=S) groups is 1. The largest absolute Gasteiger partial charge is 0.507 e. The minimum absolute atomic E-state index is 0.407. The number of phenolic OH excluding ortho intramolecular Hbond substituents is 1. The summed E-state index contributed by atoms with van der Waals surface area (Å²) < 4.78 is 0.941. The summed E-state index contributed by atoms with van der Waals surface area (Å²) in [4.78, 5) is 4.58. The molecule has 0 spiro atoms. The van der Waals surface area contributed by atoms with E-state index in [0.29, 0.717) is 5.75 Å². The van der Waals surface area contributed by atoms with Gasteiger partial charge in [-0.05, 0) is 26.5 Å². The number of aromatic hydroxyl groups is 1. The van der Waals surface area contributed by atoms with Gasteiger partial charge in [-0.1, -0.05) is 41.7 Å². The zero-order chi connectivity index (χ0) is 14.7. The molecule has 1 heterocycles. The molecule has 1 aromatic carbocycles. The van der Waals surface area contributed by atoms with Gasteiger partial charge in [0.1, 0.15) is 10.1 Å². The van der Waals surface area contributed by atoms with Gasteiger partial charge in [0, 0.05) is 37.5 Å². The van der Waals surface area contributed by atoms with E-state index in [0.717, 1.165) is 47.4 Å². The number of aryl methyl sites for hydroxylation is 2. The molecule has 0 aromatic heterocycles. The van der Waals surface area contributed by atoms with Crippen LogP contribution in [-0.2, 0) is 5.75 Å². The van der Waals surface area contributed by atoms with Crippen molar-refractivity contribution in [2.24, 2.45) is 0 Å². The van der Waals surface area contributed by atoms with Crippen molar-refractivity contribution >= 4 is 28.3 Å². The molecule has 0 radical (unpaired) electrons. The fourth-order valence-corrected chi connectivity index (χ4v) is 3.60. The highest BCUT2D eigenvalue weighted by Crippen LogP contribution is 2.28. The maximum Gasteiger partial charge on any atom is 0.136 e. The third kappa shape index (κ3) is 3.87. The van der Waals surface area contributed by atoms with Crippen LogP contribution in [0.25, 0.3) is 0 Å². The number of thioether (sulfide) groups is 1. The van der Waals surface area contributed by atoms with E-state index in [-0.39, 0.29) is 0 Å². The number of benzene rings is 1. The Bertz CT molecular complexity index is 497. The topological polar surface area (TPSA) is 26.7 Å². The molecular formula is C15H22N2OS2. The van der Waals surface area contributed by atoms with Crippen molar-refractivity contribution in [2.75, 3.05) is 33.2 Å². The molecule has 0 bridgehead atoms.